The zero-order chi connectivity index (χ0) is 18.2. The third-order valence-corrected chi connectivity index (χ3v) is 4.00. The van der Waals surface area contributed by atoms with E-state index >= 15 is 0 Å². The molecule has 0 saturated heterocycles. The van der Waals surface area contributed by atoms with Crippen LogP contribution in [0.5, 0.6) is 5.75 Å². The average Bonchev–Trinajstić information content (AvgIpc) is 2.97. The highest BCUT2D eigenvalue weighted by Gasteiger charge is 2.28. The molecule has 0 bridgehead atoms. The second kappa shape index (κ2) is 6.51. The molecule has 1 atom stereocenters. The monoisotopic (exact) mass is 370 g/mol. The van der Waals surface area contributed by atoms with Crippen LogP contribution in [0.4, 0.5) is 13.2 Å². The van der Waals surface area contributed by atoms with E-state index in [2.05, 4.69) is 15.1 Å². The van der Waals surface area contributed by atoms with Gasteiger partial charge in [-0.15, -0.1) is 0 Å². The summed E-state index contributed by atoms with van der Waals surface area (Å²) in [6, 6.07) is 3.19. The van der Waals surface area contributed by atoms with E-state index in [0.29, 0.717) is 21.9 Å². The van der Waals surface area contributed by atoms with E-state index in [1.807, 2.05) is 6.92 Å². The fourth-order valence-corrected chi connectivity index (χ4v) is 2.57. The summed E-state index contributed by atoms with van der Waals surface area (Å²) in [6.45, 7) is 2.20. The van der Waals surface area contributed by atoms with Gasteiger partial charge in [-0.3, -0.25) is 9.67 Å². The average molecular weight is 371 g/mol. The third-order valence-electron chi connectivity index (χ3n) is 3.70. The number of aryl methyl sites for hydroxylation is 1. The molecule has 0 saturated carbocycles. The first kappa shape index (κ1) is 17.5. The lowest BCUT2D eigenvalue weighted by molar-refractivity contribution is -0.153. The molecule has 25 heavy (non-hydrogen) atoms. The summed E-state index contributed by atoms with van der Waals surface area (Å²) in [7, 11) is 0. The highest BCUT2D eigenvalue weighted by atomic mass is 35.5. The molecule has 132 valence electrons. The van der Waals surface area contributed by atoms with E-state index in [1.165, 1.54) is 6.20 Å². The Labute approximate surface area is 146 Å². The van der Waals surface area contributed by atoms with Crippen molar-refractivity contribution in [2.75, 3.05) is 6.61 Å². The molecule has 3 aromatic heterocycles. The number of hydrogen-bond acceptors (Lipinski definition) is 4. The molecular formula is C16H14ClF3N4O. The van der Waals surface area contributed by atoms with Crippen molar-refractivity contribution in [2.45, 2.75) is 26.1 Å². The van der Waals surface area contributed by atoms with Crippen molar-refractivity contribution in [1.29, 1.82) is 0 Å². The van der Waals surface area contributed by atoms with Crippen LogP contribution in [0.1, 0.15) is 24.2 Å². The predicted molar refractivity (Wildman–Crippen MR) is 86.9 cm³/mol. The number of aromatic nitrogens is 4. The minimum Gasteiger partial charge on any atom is -0.482 e. The van der Waals surface area contributed by atoms with Gasteiger partial charge in [0.25, 0.3) is 0 Å². The van der Waals surface area contributed by atoms with Crippen LogP contribution in [-0.4, -0.2) is 32.5 Å². The van der Waals surface area contributed by atoms with Gasteiger partial charge in [0.05, 0.1) is 28.8 Å². The molecule has 0 fully saturated rings. The van der Waals surface area contributed by atoms with Gasteiger partial charge in [-0.2, -0.15) is 18.3 Å². The number of hydrogen-bond donors (Lipinski definition) is 0. The van der Waals surface area contributed by atoms with Crippen molar-refractivity contribution in [3.8, 4) is 5.75 Å². The van der Waals surface area contributed by atoms with Gasteiger partial charge < -0.3 is 4.74 Å². The smallest absolute Gasteiger partial charge is 0.422 e. The Balaban J connectivity index is 1.85. The van der Waals surface area contributed by atoms with Crippen LogP contribution < -0.4 is 4.74 Å². The summed E-state index contributed by atoms with van der Waals surface area (Å²) in [4.78, 5) is 8.21. The number of nitrogens with zero attached hydrogens (tertiary/aromatic N) is 4. The maximum Gasteiger partial charge on any atom is 0.422 e. The number of pyridine rings is 2. The summed E-state index contributed by atoms with van der Waals surface area (Å²) < 4.78 is 43.2. The summed E-state index contributed by atoms with van der Waals surface area (Å²) in [6.07, 6.45) is 0.244. The lowest BCUT2D eigenvalue weighted by Gasteiger charge is -2.15. The molecule has 5 nitrogen and oxygen atoms in total. The van der Waals surface area contributed by atoms with E-state index in [-0.39, 0.29) is 11.8 Å². The number of alkyl halides is 3. The van der Waals surface area contributed by atoms with Crippen LogP contribution >= 0.6 is 11.6 Å². The minimum atomic E-state index is -4.39. The molecule has 0 N–H and O–H groups in total. The summed E-state index contributed by atoms with van der Waals surface area (Å²) >= 11 is 6.05. The van der Waals surface area contributed by atoms with Gasteiger partial charge in [-0.1, -0.05) is 11.6 Å². The molecule has 0 amide bonds. The Morgan fingerprint density at radius 3 is 2.72 bits per heavy atom. The van der Waals surface area contributed by atoms with Crippen LogP contribution in [0, 0.1) is 6.92 Å². The molecule has 0 radical (unpaired) electrons. The fourth-order valence-electron chi connectivity index (χ4n) is 2.37. The van der Waals surface area contributed by atoms with E-state index in [9.17, 15) is 13.2 Å². The Morgan fingerprint density at radius 2 is 2.08 bits per heavy atom. The Morgan fingerprint density at radius 1 is 1.32 bits per heavy atom. The second-order valence-electron chi connectivity index (χ2n) is 5.60. The summed E-state index contributed by atoms with van der Waals surface area (Å²) in [5, 5.41) is 5.52. The van der Waals surface area contributed by atoms with Crippen molar-refractivity contribution in [3.05, 3.63) is 47.1 Å². The standard InChI is InChI=1S/C16H14ClF3N4O/c1-9-5-13(22-6-14(9)25-8-16(18,19)20)10(2)24-7-11-12(23-24)3-4-21-15(11)17/h3-7,10H,8H2,1-2H3. The second-order valence-corrected chi connectivity index (χ2v) is 5.96. The number of halogens is 4. The molecule has 1 unspecified atom stereocenters. The van der Waals surface area contributed by atoms with Crippen molar-refractivity contribution in [1.82, 2.24) is 19.7 Å². The van der Waals surface area contributed by atoms with Gasteiger partial charge in [0.15, 0.2) is 6.61 Å². The lowest BCUT2D eigenvalue weighted by Crippen LogP contribution is -2.19. The van der Waals surface area contributed by atoms with Crippen LogP contribution in [-0.2, 0) is 0 Å². The number of rotatable bonds is 4. The van der Waals surface area contributed by atoms with E-state index in [1.54, 1.807) is 36.1 Å². The molecule has 0 aromatic carbocycles. The topological polar surface area (TPSA) is 52.8 Å². The minimum absolute atomic E-state index is 0.103. The molecular weight excluding hydrogens is 357 g/mol. The molecule has 0 aliphatic rings. The summed E-state index contributed by atoms with van der Waals surface area (Å²) in [5.74, 6) is 0.103. The first-order chi connectivity index (χ1) is 11.7. The van der Waals surface area contributed by atoms with Crippen molar-refractivity contribution in [2.24, 2.45) is 0 Å². The molecule has 0 spiro atoms. The Bertz CT molecular complexity index is 910. The Hall–Kier alpha value is -2.35. The van der Waals surface area contributed by atoms with Crippen LogP contribution in [0.25, 0.3) is 10.9 Å². The maximum atomic E-state index is 12.3. The highest BCUT2D eigenvalue weighted by Crippen LogP contribution is 2.26. The van der Waals surface area contributed by atoms with Gasteiger partial charge in [0.1, 0.15) is 10.9 Å². The molecule has 3 heterocycles. The molecule has 9 heteroatoms. The third kappa shape index (κ3) is 3.84. The fraction of sp³-hybridized carbons (Fsp3) is 0.312. The van der Waals surface area contributed by atoms with Crippen molar-refractivity contribution >= 4 is 22.5 Å². The first-order valence-electron chi connectivity index (χ1n) is 7.40. The predicted octanol–water partition coefficient (Wildman–Crippen LogP) is 4.34. The van der Waals surface area contributed by atoms with Gasteiger partial charge in [-0.25, -0.2) is 4.98 Å². The van der Waals surface area contributed by atoms with E-state index in [0.717, 1.165) is 5.39 Å². The number of ether oxygens (including phenoxy) is 1. The van der Waals surface area contributed by atoms with Gasteiger partial charge >= 0.3 is 6.18 Å². The zero-order valence-electron chi connectivity index (χ0n) is 13.4. The zero-order valence-corrected chi connectivity index (χ0v) is 14.1. The van der Waals surface area contributed by atoms with Crippen molar-refractivity contribution < 1.29 is 17.9 Å². The molecule has 3 rings (SSSR count). The van der Waals surface area contributed by atoms with Crippen LogP contribution in [0.3, 0.4) is 0 Å². The van der Waals surface area contributed by atoms with E-state index in [4.69, 9.17) is 16.3 Å². The van der Waals surface area contributed by atoms with E-state index < -0.39 is 12.8 Å². The summed E-state index contributed by atoms with van der Waals surface area (Å²) in [5.41, 5.74) is 1.92. The van der Waals surface area contributed by atoms with Crippen LogP contribution in [0.2, 0.25) is 5.15 Å². The van der Waals surface area contributed by atoms with Crippen LogP contribution in [0.15, 0.2) is 30.7 Å². The number of fused-ring (bicyclic) bond motifs is 1. The quantitative estimate of drug-likeness (QED) is 0.641. The van der Waals surface area contributed by atoms with Gasteiger partial charge in [0.2, 0.25) is 0 Å². The Kier molecular flexibility index (Phi) is 4.55. The lowest BCUT2D eigenvalue weighted by atomic mass is 10.1. The molecule has 0 aliphatic carbocycles. The largest absolute Gasteiger partial charge is 0.482 e. The van der Waals surface area contributed by atoms with Crippen molar-refractivity contribution in [3.63, 3.8) is 0 Å². The molecule has 0 aliphatic heterocycles. The molecule has 3 aromatic rings. The normalized spacial score (nSPS) is 13.2. The maximum absolute atomic E-state index is 12.3. The highest BCUT2D eigenvalue weighted by molar-refractivity contribution is 6.34. The SMILES string of the molecule is Cc1cc(C(C)n2cc3c(Cl)nccc3n2)ncc1OCC(F)(F)F. The first-order valence-corrected chi connectivity index (χ1v) is 7.78. The van der Waals surface area contributed by atoms with Gasteiger partial charge in [-0.05, 0) is 31.5 Å². The van der Waals surface area contributed by atoms with Gasteiger partial charge in [0, 0.05) is 12.4 Å².